The first-order chi connectivity index (χ1) is 18.1. The van der Waals surface area contributed by atoms with E-state index in [-0.39, 0.29) is 0 Å². The Balaban J connectivity index is 1.49. The lowest BCUT2D eigenvalue weighted by Gasteiger charge is -2.12. The van der Waals surface area contributed by atoms with Crippen molar-refractivity contribution in [2.45, 2.75) is 32.4 Å². The monoisotopic (exact) mass is 589 g/mol. The first kappa shape index (κ1) is 24.2. The van der Waals surface area contributed by atoms with E-state index in [2.05, 4.69) is 59.9 Å². The number of rotatable bonds is 6. The minimum atomic E-state index is 0.622. The van der Waals surface area contributed by atoms with E-state index >= 15 is 0 Å². The Morgan fingerprint density at radius 1 is 0.946 bits per heavy atom. The van der Waals surface area contributed by atoms with Crippen LogP contribution in [0, 0.1) is 0 Å². The summed E-state index contributed by atoms with van der Waals surface area (Å²) in [6, 6.07) is 26.3. The summed E-state index contributed by atoms with van der Waals surface area (Å²) in [6.45, 7) is 1.55. The van der Waals surface area contributed by atoms with Crippen molar-refractivity contribution in [3.8, 4) is 11.1 Å². The molecule has 8 heteroatoms. The van der Waals surface area contributed by atoms with E-state index in [1.807, 2.05) is 54.6 Å². The van der Waals surface area contributed by atoms with Gasteiger partial charge < -0.3 is 15.2 Å². The van der Waals surface area contributed by atoms with Crippen LogP contribution in [0.5, 0.6) is 0 Å². The van der Waals surface area contributed by atoms with Gasteiger partial charge in [0.15, 0.2) is 5.82 Å². The van der Waals surface area contributed by atoms with Crippen LogP contribution < -0.4 is 10.6 Å². The van der Waals surface area contributed by atoms with Crippen molar-refractivity contribution < 1.29 is 0 Å². The molecule has 2 N–H and O–H groups in total. The van der Waals surface area contributed by atoms with Crippen LogP contribution in [0.25, 0.3) is 16.8 Å². The van der Waals surface area contributed by atoms with E-state index in [0.717, 1.165) is 69.9 Å². The Bertz CT molecular complexity index is 1570. The number of aromatic nitrogens is 3. The lowest BCUT2D eigenvalue weighted by atomic mass is 9.98. The van der Waals surface area contributed by atoms with Gasteiger partial charge >= 0.3 is 0 Å². The molecule has 0 aliphatic carbocycles. The van der Waals surface area contributed by atoms with E-state index in [9.17, 15) is 0 Å². The number of aryl methyl sites for hydroxylation is 2. The molecule has 37 heavy (non-hydrogen) atoms. The Morgan fingerprint density at radius 2 is 1.70 bits per heavy atom. The fraction of sp³-hybridized carbons (Fsp3) is 0.172. The van der Waals surface area contributed by atoms with Gasteiger partial charge in [-0.2, -0.15) is 5.10 Å². The second-order valence-electron chi connectivity index (χ2n) is 9.15. The maximum Gasteiger partial charge on any atom is 0.150 e. The van der Waals surface area contributed by atoms with Gasteiger partial charge in [-0.1, -0.05) is 70.1 Å². The molecule has 0 atom stereocenters. The van der Waals surface area contributed by atoms with Crippen molar-refractivity contribution in [3.05, 3.63) is 105 Å². The summed E-state index contributed by atoms with van der Waals surface area (Å²) in [4.78, 5) is 0.648. The number of nitrogens with one attached hydrogen (secondary N) is 2. The predicted molar refractivity (Wildman–Crippen MR) is 160 cm³/mol. The number of anilines is 2. The van der Waals surface area contributed by atoms with Crippen LogP contribution in [0.3, 0.4) is 0 Å². The number of nitrogens with zero attached hydrogens (tertiary/aromatic N) is 3. The van der Waals surface area contributed by atoms with Gasteiger partial charge in [0.1, 0.15) is 16.3 Å². The van der Waals surface area contributed by atoms with Crippen molar-refractivity contribution in [1.82, 2.24) is 14.2 Å². The zero-order chi connectivity index (χ0) is 25.4. The molecular formula is C29H25BrClN5S. The second kappa shape index (κ2) is 10.3. The van der Waals surface area contributed by atoms with E-state index < -0.39 is 0 Å². The van der Waals surface area contributed by atoms with Crippen LogP contribution in [0.15, 0.2) is 83.3 Å². The van der Waals surface area contributed by atoms with Gasteiger partial charge in [-0.3, -0.25) is 0 Å². The Hall–Kier alpha value is -3.13. The molecular weight excluding hydrogens is 566 g/mol. The smallest absolute Gasteiger partial charge is 0.150 e. The first-order valence-electron chi connectivity index (χ1n) is 12.3. The summed E-state index contributed by atoms with van der Waals surface area (Å²) in [5.74, 6) is 0.993. The summed E-state index contributed by atoms with van der Waals surface area (Å²) in [6.07, 6.45) is 3.19. The number of benzene rings is 3. The average molecular weight is 591 g/mol. The van der Waals surface area contributed by atoms with Gasteiger partial charge in [0.05, 0.1) is 6.54 Å². The van der Waals surface area contributed by atoms with Gasteiger partial charge in [-0.25, -0.2) is 4.52 Å². The largest absolute Gasteiger partial charge is 0.378 e. The Kier molecular flexibility index (Phi) is 6.76. The maximum atomic E-state index is 6.25. The Labute approximate surface area is 234 Å². The number of para-hydroxylation sites is 1. The van der Waals surface area contributed by atoms with Crippen LogP contribution in [0.2, 0.25) is 5.02 Å². The van der Waals surface area contributed by atoms with Gasteiger partial charge in [0.2, 0.25) is 0 Å². The number of hydrogen-bond acceptors (Lipinski definition) is 3. The highest BCUT2D eigenvalue weighted by Crippen LogP contribution is 2.37. The lowest BCUT2D eigenvalue weighted by Crippen LogP contribution is -2.15. The van der Waals surface area contributed by atoms with Gasteiger partial charge in [-0.15, -0.1) is 0 Å². The minimum Gasteiger partial charge on any atom is -0.378 e. The minimum absolute atomic E-state index is 0.622. The molecule has 6 rings (SSSR count). The maximum absolute atomic E-state index is 6.25. The second-order valence-corrected chi connectivity index (χ2v) is 10.9. The lowest BCUT2D eigenvalue weighted by molar-refractivity contribution is 0.619. The fourth-order valence-electron chi connectivity index (χ4n) is 5.03. The van der Waals surface area contributed by atoms with E-state index in [0.29, 0.717) is 16.6 Å². The average Bonchev–Trinajstić information content (AvgIpc) is 3.31. The van der Waals surface area contributed by atoms with Crippen LogP contribution in [0.1, 0.15) is 29.9 Å². The van der Waals surface area contributed by atoms with Crippen LogP contribution in [0.4, 0.5) is 11.4 Å². The van der Waals surface area contributed by atoms with E-state index in [1.165, 1.54) is 5.56 Å². The molecule has 0 radical (unpaired) electrons. The molecule has 0 spiro atoms. The first-order valence-corrected chi connectivity index (χ1v) is 13.9. The Morgan fingerprint density at radius 3 is 2.46 bits per heavy atom. The van der Waals surface area contributed by atoms with Gasteiger partial charge in [0, 0.05) is 38.5 Å². The molecule has 5 aromatic rings. The van der Waals surface area contributed by atoms with Crippen LogP contribution in [-0.2, 0) is 19.5 Å². The molecule has 3 heterocycles. The van der Waals surface area contributed by atoms with Crippen molar-refractivity contribution in [2.75, 3.05) is 10.6 Å². The number of hydrogen-bond donors (Lipinski definition) is 2. The van der Waals surface area contributed by atoms with Crippen molar-refractivity contribution in [2.24, 2.45) is 0 Å². The summed E-state index contributed by atoms with van der Waals surface area (Å²) in [5.41, 5.74) is 7.57. The highest BCUT2D eigenvalue weighted by Gasteiger charge is 2.29. The topological polar surface area (TPSA) is 46.3 Å². The summed E-state index contributed by atoms with van der Waals surface area (Å²) in [5, 5.41) is 12.8. The molecule has 0 saturated carbocycles. The zero-order valence-corrected chi connectivity index (χ0v) is 23.2. The van der Waals surface area contributed by atoms with Crippen LogP contribution >= 0.6 is 39.7 Å². The number of thiocarbonyl (C=S) groups is 1. The van der Waals surface area contributed by atoms with Crippen molar-refractivity contribution >= 4 is 61.8 Å². The van der Waals surface area contributed by atoms with E-state index in [1.54, 1.807) is 0 Å². The van der Waals surface area contributed by atoms with Gasteiger partial charge in [0.25, 0.3) is 0 Å². The molecule has 2 aromatic heterocycles. The quantitative estimate of drug-likeness (QED) is 0.197. The highest BCUT2D eigenvalue weighted by atomic mass is 79.9. The SMILES string of the molecule is S=C(Nc1ccccc1)c1c(-c2ccc(Cl)cc2)c2c3n(c(CNc4ccc(Br)cc4)nn13)CCCC2. The highest BCUT2D eigenvalue weighted by molar-refractivity contribution is 9.10. The molecule has 1 aliphatic heterocycles. The summed E-state index contributed by atoms with van der Waals surface area (Å²) >= 11 is 15.8. The molecule has 1 aliphatic rings. The molecule has 0 bridgehead atoms. The summed E-state index contributed by atoms with van der Waals surface area (Å²) < 4.78 is 5.48. The third-order valence-corrected chi connectivity index (χ3v) is 7.81. The molecule has 0 amide bonds. The molecule has 0 saturated heterocycles. The predicted octanol–water partition coefficient (Wildman–Crippen LogP) is 7.95. The summed E-state index contributed by atoms with van der Waals surface area (Å²) in [7, 11) is 0. The van der Waals surface area contributed by atoms with Crippen molar-refractivity contribution in [3.63, 3.8) is 0 Å². The third kappa shape index (κ3) is 4.79. The molecule has 186 valence electrons. The van der Waals surface area contributed by atoms with Crippen molar-refractivity contribution in [1.29, 1.82) is 0 Å². The third-order valence-electron chi connectivity index (χ3n) is 6.74. The van der Waals surface area contributed by atoms with Gasteiger partial charge in [-0.05, 0) is 73.4 Å². The zero-order valence-electron chi connectivity index (χ0n) is 20.0. The molecule has 5 nitrogen and oxygen atoms in total. The fourth-order valence-corrected chi connectivity index (χ4v) is 5.73. The molecule has 0 fully saturated rings. The van der Waals surface area contributed by atoms with Crippen LogP contribution in [-0.4, -0.2) is 19.2 Å². The van der Waals surface area contributed by atoms with E-state index in [4.69, 9.17) is 28.9 Å². The standard InChI is InChI=1S/C29H25BrClN5S/c30-20-11-15-22(16-12-20)32-18-25-34-36-27(28(37)33-23-6-2-1-3-7-23)26(19-9-13-21(31)14-10-19)24-8-4-5-17-35(25)29(24)36/h1-3,6-7,9-16,32H,4-5,8,17-18H2,(H,33,37). The normalized spacial score (nSPS) is 12.9. The number of halogens is 2. The molecule has 0 unspecified atom stereocenters. The molecule has 3 aromatic carbocycles.